The third-order valence-electron chi connectivity index (χ3n) is 3.70. The average Bonchev–Trinajstić information content (AvgIpc) is 2.80. The standard InChI is InChI=1S/C15H20N2S/c16-10-12-4-5-15-13(8-12)9-14(18-15)11-17-6-2-1-3-7-17/h4-5,8-9H,1-3,6-7,10-11,16H2. The van der Waals surface area contributed by atoms with Gasteiger partial charge in [0.05, 0.1) is 0 Å². The molecule has 0 radical (unpaired) electrons. The van der Waals surface area contributed by atoms with Gasteiger partial charge in [0, 0.05) is 22.7 Å². The first-order valence-electron chi connectivity index (χ1n) is 6.79. The van der Waals surface area contributed by atoms with Crippen LogP contribution in [-0.2, 0) is 13.1 Å². The number of fused-ring (bicyclic) bond motifs is 1. The second-order valence-electron chi connectivity index (χ2n) is 5.13. The Morgan fingerprint density at radius 2 is 1.94 bits per heavy atom. The lowest BCUT2D eigenvalue weighted by Gasteiger charge is -2.25. The van der Waals surface area contributed by atoms with Crippen molar-refractivity contribution in [2.24, 2.45) is 5.73 Å². The van der Waals surface area contributed by atoms with Crippen LogP contribution in [0.2, 0.25) is 0 Å². The van der Waals surface area contributed by atoms with Crippen LogP contribution in [-0.4, -0.2) is 18.0 Å². The first-order chi connectivity index (χ1) is 8.85. The molecule has 0 saturated carbocycles. The Balaban J connectivity index is 1.79. The zero-order valence-electron chi connectivity index (χ0n) is 10.7. The average molecular weight is 260 g/mol. The molecule has 1 fully saturated rings. The Labute approximate surface area is 112 Å². The summed E-state index contributed by atoms with van der Waals surface area (Å²) in [6.45, 7) is 4.29. The van der Waals surface area contributed by atoms with E-state index in [1.54, 1.807) is 0 Å². The second kappa shape index (κ2) is 5.39. The van der Waals surface area contributed by atoms with Crippen molar-refractivity contribution in [3.63, 3.8) is 0 Å². The van der Waals surface area contributed by atoms with Crippen molar-refractivity contribution in [1.82, 2.24) is 4.90 Å². The minimum absolute atomic E-state index is 0.632. The van der Waals surface area contributed by atoms with E-state index in [2.05, 4.69) is 29.2 Å². The summed E-state index contributed by atoms with van der Waals surface area (Å²) in [6, 6.07) is 8.92. The van der Waals surface area contributed by atoms with Gasteiger partial charge in [0.15, 0.2) is 0 Å². The van der Waals surface area contributed by atoms with Gasteiger partial charge in [0.2, 0.25) is 0 Å². The smallest absolute Gasteiger partial charge is 0.0346 e. The second-order valence-corrected chi connectivity index (χ2v) is 6.29. The Bertz CT molecular complexity index is 526. The summed E-state index contributed by atoms with van der Waals surface area (Å²) >= 11 is 1.93. The molecule has 1 aromatic heterocycles. The zero-order chi connectivity index (χ0) is 12.4. The fourth-order valence-corrected chi connectivity index (χ4v) is 3.78. The molecule has 1 saturated heterocycles. The first-order valence-corrected chi connectivity index (χ1v) is 7.60. The van der Waals surface area contributed by atoms with Crippen LogP contribution in [0.5, 0.6) is 0 Å². The Kier molecular flexibility index (Phi) is 3.64. The Morgan fingerprint density at radius 3 is 2.72 bits per heavy atom. The van der Waals surface area contributed by atoms with Gasteiger partial charge in [-0.05, 0) is 55.1 Å². The topological polar surface area (TPSA) is 29.3 Å². The number of benzene rings is 1. The minimum Gasteiger partial charge on any atom is -0.326 e. The van der Waals surface area contributed by atoms with Crippen LogP contribution < -0.4 is 5.73 Å². The molecular formula is C15H20N2S. The van der Waals surface area contributed by atoms with Crippen molar-refractivity contribution in [3.8, 4) is 0 Å². The largest absolute Gasteiger partial charge is 0.326 e. The summed E-state index contributed by atoms with van der Waals surface area (Å²) in [6.07, 6.45) is 4.13. The van der Waals surface area contributed by atoms with Gasteiger partial charge in [-0.1, -0.05) is 12.5 Å². The molecule has 1 aliphatic heterocycles. The normalized spacial score (nSPS) is 17.4. The fraction of sp³-hybridized carbons (Fsp3) is 0.467. The van der Waals surface area contributed by atoms with E-state index >= 15 is 0 Å². The number of rotatable bonds is 3. The van der Waals surface area contributed by atoms with Crippen LogP contribution in [0, 0.1) is 0 Å². The lowest BCUT2D eigenvalue weighted by Crippen LogP contribution is -2.28. The Hall–Kier alpha value is -0.900. The number of nitrogens with two attached hydrogens (primary N) is 1. The molecule has 0 amide bonds. The van der Waals surface area contributed by atoms with Gasteiger partial charge in [0.1, 0.15) is 0 Å². The van der Waals surface area contributed by atoms with Gasteiger partial charge in [-0.25, -0.2) is 0 Å². The van der Waals surface area contributed by atoms with E-state index in [1.807, 2.05) is 11.3 Å². The van der Waals surface area contributed by atoms with E-state index in [0.717, 1.165) is 6.54 Å². The molecule has 0 bridgehead atoms. The number of likely N-dealkylation sites (tertiary alicyclic amines) is 1. The highest BCUT2D eigenvalue weighted by Gasteiger charge is 2.12. The number of hydrogen-bond donors (Lipinski definition) is 1. The molecule has 2 nitrogen and oxygen atoms in total. The molecular weight excluding hydrogens is 240 g/mol. The summed E-state index contributed by atoms with van der Waals surface area (Å²) in [5.41, 5.74) is 6.92. The molecule has 0 spiro atoms. The van der Waals surface area contributed by atoms with E-state index in [4.69, 9.17) is 5.73 Å². The number of hydrogen-bond acceptors (Lipinski definition) is 3. The first kappa shape index (κ1) is 12.2. The summed E-state index contributed by atoms with van der Waals surface area (Å²) in [5, 5.41) is 1.36. The van der Waals surface area contributed by atoms with Gasteiger partial charge in [-0.15, -0.1) is 11.3 Å². The lowest BCUT2D eigenvalue weighted by atomic mass is 10.1. The van der Waals surface area contributed by atoms with Crippen LogP contribution in [0.1, 0.15) is 29.7 Å². The van der Waals surface area contributed by atoms with Crippen LogP contribution in [0.3, 0.4) is 0 Å². The van der Waals surface area contributed by atoms with Gasteiger partial charge in [0.25, 0.3) is 0 Å². The van der Waals surface area contributed by atoms with Gasteiger partial charge in [-0.2, -0.15) is 0 Å². The van der Waals surface area contributed by atoms with Crippen molar-refractivity contribution in [2.75, 3.05) is 13.1 Å². The van der Waals surface area contributed by atoms with Crippen molar-refractivity contribution >= 4 is 21.4 Å². The molecule has 2 aromatic rings. The maximum atomic E-state index is 5.69. The number of piperidine rings is 1. The maximum Gasteiger partial charge on any atom is 0.0346 e. The van der Waals surface area contributed by atoms with Crippen molar-refractivity contribution < 1.29 is 0 Å². The molecule has 0 atom stereocenters. The van der Waals surface area contributed by atoms with E-state index in [0.29, 0.717) is 6.54 Å². The fourth-order valence-electron chi connectivity index (χ4n) is 2.69. The molecule has 18 heavy (non-hydrogen) atoms. The summed E-state index contributed by atoms with van der Waals surface area (Å²) < 4.78 is 1.39. The molecule has 2 N–H and O–H groups in total. The highest BCUT2D eigenvalue weighted by atomic mass is 32.1. The highest BCUT2D eigenvalue weighted by Crippen LogP contribution is 2.28. The molecule has 3 rings (SSSR count). The van der Waals surface area contributed by atoms with Crippen LogP contribution in [0.15, 0.2) is 24.3 Å². The SMILES string of the molecule is NCc1ccc2sc(CN3CCCCC3)cc2c1. The molecule has 1 aliphatic rings. The van der Waals surface area contributed by atoms with E-state index in [1.165, 1.54) is 52.9 Å². The lowest BCUT2D eigenvalue weighted by molar-refractivity contribution is 0.223. The van der Waals surface area contributed by atoms with Crippen molar-refractivity contribution in [2.45, 2.75) is 32.4 Å². The Morgan fingerprint density at radius 1 is 1.11 bits per heavy atom. The predicted octanol–water partition coefficient (Wildman–Crippen LogP) is 3.35. The minimum atomic E-state index is 0.632. The molecule has 0 unspecified atom stereocenters. The van der Waals surface area contributed by atoms with Crippen LogP contribution >= 0.6 is 11.3 Å². The van der Waals surface area contributed by atoms with Crippen molar-refractivity contribution in [1.29, 1.82) is 0 Å². The molecule has 0 aliphatic carbocycles. The van der Waals surface area contributed by atoms with Gasteiger partial charge < -0.3 is 5.73 Å². The molecule has 96 valence electrons. The maximum absolute atomic E-state index is 5.69. The third kappa shape index (κ3) is 2.58. The summed E-state index contributed by atoms with van der Waals surface area (Å²) in [7, 11) is 0. The van der Waals surface area contributed by atoms with Crippen molar-refractivity contribution in [3.05, 3.63) is 34.7 Å². The van der Waals surface area contributed by atoms with E-state index in [-0.39, 0.29) is 0 Å². The molecule has 2 heterocycles. The number of thiophene rings is 1. The van der Waals surface area contributed by atoms with Crippen LogP contribution in [0.4, 0.5) is 0 Å². The number of nitrogens with zero attached hydrogens (tertiary/aromatic N) is 1. The van der Waals surface area contributed by atoms with E-state index < -0.39 is 0 Å². The zero-order valence-corrected chi connectivity index (χ0v) is 11.5. The highest BCUT2D eigenvalue weighted by molar-refractivity contribution is 7.19. The molecule has 3 heteroatoms. The summed E-state index contributed by atoms with van der Waals surface area (Å²) in [4.78, 5) is 4.07. The quantitative estimate of drug-likeness (QED) is 0.917. The van der Waals surface area contributed by atoms with Crippen LogP contribution in [0.25, 0.3) is 10.1 Å². The van der Waals surface area contributed by atoms with Gasteiger partial charge in [-0.3, -0.25) is 4.90 Å². The third-order valence-corrected chi connectivity index (χ3v) is 4.80. The molecule has 1 aromatic carbocycles. The predicted molar refractivity (Wildman–Crippen MR) is 78.8 cm³/mol. The summed E-state index contributed by atoms with van der Waals surface area (Å²) in [5.74, 6) is 0. The monoisotopic (exact) mass is 260 g/mol. The van der Waals surface area contributed by atoms with Gasteiger partial charge >= 0.3 is 0 Å². The van der Waals surface area contributed by atoms with E-state index in [9.17, 15) is 0 Å².